The van der Waals surface area contributed by atoms with Crippen molar-refractivity contribution in [1.29, 1.82) is 0 Å². The van der Waals surface area contributed by atoms with Crippen molar-refractivity contribution in [2.24, 2.45) is 0 Å². The van der Waals surface area contributed by atoms with Crippen LogP contribution in [0.15, 0.2) is 18.2 Å². The first-order chi connectivity index (χ1) is 8.31. The number of amides is 1. The van der Waals surface area contributed by atoms with Gasteiger partial charge in [0, 0.05) is 18.0 Å². The van der Waals surface area contributed by atoms with Gasteiger partial charge in [-0.1, -0.05) is 18.6 Å². The number of halogens is 1. The van der Waals surface area contributed by atoms with E-state index in [1.54, 1.807) is 0 Å². The van der Waals surface area contributed by atoms with Gasteiger partial charge in [-0.05, 0) is 42.9 Å². The summed E-state index contributed by atoms with van der Waals surface area (Å²) in [6.45, 7) is 0.765. The summed E-state index contributed by atoms with van der Waals surface area (Å²) in [6.07, 6.45) is 5.37. The number of carbonyl (C=O) groups is 1. The minimum atomic E-state index is 0.0776. The molecule has 0 fully saturated rings. The fourth-order valence-electron chi connectivity index (χ4n) is 2.21. The van der Waals surface area contributed by atoms with Gasteiger partial charge < -0.3 is 5.32 Å². The lowest BCUT2D eigenvalue weighted by Crippen LogP contribution is -2.31. The fourth-order valence-corrected chi connectivity index (χ4v) is 2.40. The highest BCUT2D eigenvalue weighted by Crippen LogP contribution is 2.17. The first-order valence-electron chi connectivity index (χ1n) is 6.27. The number of fused-ring (bicyclic) bond motifs is 1. The lowest BCUT2D eigenvalue weighted by atomic mass is 9.96. The Bertz CT molecular complexity index is 403. The highest BCUT2D eigenvalue weighted by Gasteiger charge is 2.16. The van der Waals surface area contributed by atoms with E-state index in [1.807, 2.05) is 6.07 Å². The molecule has 0 radical (unpaired) electrons. The molecular weight excluding hydrogens is 234 g/mol. The second-order valence-electron chi connectivity index (χ2n) is 4.50. The highest BCUT2D eigenvalue weighted by atomic mass is 35.5. The summed E-state index contributed by atoms with van der Waals surface area (Å²) in [6, 6.07) is 6.30. The van der Waals surface area contributed by atoms with Gasteiger partial charge in [0.05, 0.1) is 0 Å². The molecule has 1 aromatic rings. The molecule has 1 amide bonds. The van der Waals surface area contributed by atoms with Crippen LogP contribution in [0.3, 0.4) is 0 Å². The van der Waals surface area contributed by atoms with Crippen LogP contribution < -0.4 is 5.32 Å². The summed E-state index contributed by atoms with van der Waals surface area (Å²) in [5.41, 5.74) is 3.31. The molecule has 1 N–H and O–H groups in total. The maximum Gasteiger partial charge on any atom is 0.251 e. The third kappa shape index (κ3) is 3.22. The second kappa shape index (κ2) is 6.06. The molecule has 2 rings (SSSR count). The molecule has 0 spiro atoms. The first-order valence-corrected chi connectivity index (χ1v) is 6.80. The van der Waals surface area contributed by atoms with Crippen LogP contribution in [0, 0.1) is 0 Å². The van der Waals surface area contributed by atoms with Crippen LogP contribution in [-0.2, 0) is 12.8 Å². The van der Waals surface area contributed by atoms with Crippen LogP contribution in [0.5, 0.6) is 0 Å². The third-order valence-electron chi connectivity index (χ3n) is 3.20. The number of alkyl halides is 1. The van der Waals surface area contributed by atoms with Crippen molar-refractivity contribution in [1.82, 2.24) is 5.32 Å². The van der Waals surface area contributed by atoms with Gasteiger partial charge in [0.15, 0.2) is 0 Å². The lowest BCUT2D eigenvalue weighted by molar-refractivity contribution is 0.0946. The van der Waals surface area contributed by atoms with E-state index >= 15 is 0 Å². The molecule has 0 saturated carbocycles. The molecule has 92 valence electrons. The Kier molecular flexibility index (Phi) is 4.43. The van der Waals surface area contributed by atoms with E-state index in [0.717, 1.165) is 50.1 Å². The normalized spacial score (nSPS) is 14.3. The van der Waals surface area contributed by atoms with E-state index in [-0.39, 0.29) is 5.91 Å². The molecule has 1 aromatic carbocycles. The highest BCUT2D eigenvalue weighted by molar-refractivity contribution is 6.17. The van der Waals surface area contributed by atoms with Gasteiger partial charge in [-0.25, -0.2) is 0 Å². The third-order valence-corrected chi connectivity index (χ3v) is 3.47. The average molecular weight is 252 g/mol. The number of hydrogen-bond donors (Lipinski definition) is 1. The van der Waals surface area contributed by atoms with Gasteiger partial charge in [-0.15, -0.1) is 11.6 Å². The minimum absolute atomic E-state index is 0.0776. The largest absolute Gasteiger partial charge is 0.352 e. The summed E-state index contributed by atoms with van der Waals surface area (Å²) < 4.78 is 0. The topological polar surface area (TPSA) is 29.1 Å². The summed E-state index contributed by atoms with van der Waals surface area (Å²) in [4.78, 5) is 11.7. The van der Waals surface area contributed by atoms with Crippen LogP contribution >= 0.6 is 11.6 Å². The second-order valence-corrected chi connectivity index (χ2v) is 4.88. The van der Waals surface area contributed by atoms with Crippen molar-refractivity contribution < 1.29 is 4.79 Å². The van der Waals surface area contributed by atoms with Crippen LogP contribution in [-0.4, -0.2) is 18.3 Å². The standard InChI is InChI=1S/C14H18ClNO/c15-8-3-1-2-4-11-5-6-12-7-9-16-14(17)13(12)10-11/h5-6,10H,1-4,7-9H2,(H,16,17). The van der Waals surface area contributed by atoms with Crippen molar-refractivity contribution in [2.45, 2.75) is 32.1 Å². The van der Waals surface area contributed by atoms with E-state index in [9.17, 15) is 4.79 Å². The smallest absolute Gasteiger partial charge is 0.251 e. The molecule has 17 heavy (non-hydrogen) atoms. The molecule has 0 atom stereocenters. The number of nitrogens with one attached hydrogen (secondary N) is 1. The molecule has 0 aromatic heterocycles. The zero-order valence-electron chi connectivity index (χ0n) is 9.97. The van der Waals surface area contributed by atoms with Crippen molar-refractivity contribution in [3.63, 3.8) is 0 Å². The predicted octanol–water partition coefficient (Wildman–Crippen LogP) is 2.92. The van der Waals surface area contributed by atoms with Gasteiger partial charge in [0.2, 0.25) is 0 Å². The molecule has 2 nitrogen and oxygen atoms in total. The van der Waals surface area contributed by atoms with E-state index in [0.29, 0.717) is 0 Å². The van der Waals surface area contributed by atoms with E-state index < -0.39 is 0 Å². The zero-order valence-corrected chi connectivity index (χ0v) is 10.7. The summed E-state index contributed by atoms with van der Waals surface area (Å²) >= 11 is 5.64. The molecule has 1 heterocycles. The maximum atomic E-state index is 11.7. The molecule has 0 unspecified atom stereocenters. The first kappa shape index (κ1) is 12.4. The van der Waals surface area contributed by atoms with Crippen molar-refractivity contribution >= 4 is 17.5 Å². The number of hydrogen-bond acceptors (Lipinski definition) is 1. The van der Waals surface area contributed by atoms with Crippen LogP contribution in [0.1, 0.15) is 40.7 Å². The SMILES string of the molecule is O=C1NCCc2ccc(CCCCCCl)cc21. The Hall–Kier alpha value is -1.02. The Morgan fingerprint density at radius 2 is 2.12 bits per heavy atom. The zero-order chi connectivity index (χ0) is 12.1. The summed E-state index contributed by atoms with van der Waals surface area (Å²) in [7, 11) is 0. The number of carbonyl (C=O) groups excluding carboxylic acids is 1. The minimum Gasteiger partial charge on any atom is -0.352 e. The number of aryl methyl sites for hydroxylation is 1. The number of rotatable bonds is 5. The quantitative estimate of drug-likeness (QED) is 0.633. The van der Waals surface area contributed by atoms with Crippen LogP contribution in [0.2, 0.25) is 0 Å². The fraction of sp³-hybridized carbons (Fsp3) is 0.500. The number of unbranched alkanes of at least 4 members (excludes halogenated alkanes) is 2. The molecule has 0 bridgehead atoms. The van der Waals surface area contributed by atoms with Gasteiger partial charge in [0.1, 0.15) is 0 Å². The molecule has 1 aliphatic rings. The van der Waals surface area contributed by atoms with E-state index in [4.69, 9.17) is 11.6 Å². The predicted molar refractivity (Wildman–Crippen MR) is 70.8 cm³/mol. The summed E-state index contributed by atoms with van der Waals surface area (Å²) in [5, 5.41) is 2.89. The van der Waals surface area contributed by atoms with Crippen LogP contribution in [0.4, 0.5) is 0 Å². The Balaban J connectivity index is 2.00. The lowest BCUT2D eigenvalue weighted by Gasteiger charge is -2.17. The van der Waals surface area contributed by atoms with Crippen molar-refractivity contribution in [3.8, 4) is 0 Å². The van der Waals surface area contributed by atoms with Crippen molar-refractivity contribution in [3.05, 3.63) is 34.9 Å². The van der Waals surface area contributed by atoms with Crippen molar-refractivity contribution in [2.75, 3.05) is 12.4 Å². The van der Waals surface area contributed by atoms with E-state index in [2.05, 4.69) is 17.4 Å². The van der Waals surface area contributed by atoms with Gasteiger partial charge >= 0.3 is 0 Å². The Morgan fingerprint density at radius 3 is 2.94 bits per heavy atom. The van der Waals surface area contributed by atoms with Gasteiger partial charge in [-0.3, -0.25) is 4.79 Å². The molecular formula is C14H18ClNO. The van der Waals surface area contributed by atoms with Gasteiger partial charge in [0.25, 0.3) is 5.91 Å². The Labute approximate surface area is 107 Å². The maximum absolute atomic E-state index is 11.7. The Morgan fingerprint density at radius 1 is 1.24 bits per heavy atom. The molecule has 0 saturated heterocycles. The molecule has 3 heteroatoms. The van der Waals surface area contributed by atoms with Crippen LogP contribution in [0.25, 0.3) is 0 Å². The van der Waals surface area contributed by atoms with E-state index in [1.165, 1.54) is 11.1 Å². The monoisotopic (exact) mass is 251 g/mol. The number of benzene rings is 1. The van der Waals surface area contributed by atoms with Gasteiger partial charge in [-0.2, -0.15) is 0 Å². The average Bonchev–Trinajstić information content (AvgIpc) is 2.36. The molecule has 1 aliphatic heterocycles. The molecule has 0 aliphatic carbocycles. The summed E-state index contributed by atoms with van der Waals surface area (Å²) in [5.74, 6) is 0.820.